The van der Waals surface area contributed by atoms with E-state index in [2.05, 4.69) is 11.0 Å². The van der Waals surface area contributed by atoms with Crippen LogP contribution in [0, 0.1) is 18.3 Å². The number of hydrogen-bond donors (Lipinski definition) is 0. The van der Waals surface area contributed by atoms with Crippen molar-refractivity contribution in [1.82, 2.24) is 0 Å². The Balaban J connectivity index is 2.27. The van der Waals surface area contributed by atoms with Crippen LogP contribution in [0.2, 0.25) is 0 Å². The average Bonchev–Trinajstić information content (AvgIpc) is 2.81. The summed E-state index contributed by atoms with van der Waals surface area (Å²) in [6.07, 6.45) is 3.38. The summed E-state index contributed by atoms with van der Waals surface area (Å²) in [5.74, 6) is 0. The Bertz CT molecular complexity index is 538. The van der Waals surface area contributed by atoms with Crippen LogP contribution in [0.5, 0.6) is 0 Å². The first kappa shape index (κ1) is 11.3. The number of hydrogen-bond acceptors (Lipinski definition) is 3. The molecule has 0 bridgehead atoms. The van der Waals surface area contributed by atoms with E-state index in [0.29, 0.717) is 5.56 Å². The van der Waals surface area contributed by atoms with Crippen molar-refractivity contribution in [1.29, 1.82) is 5.26 Å². The molecule has 0 saturated heterocycles. The molecule has 2 aromatic rings. The van der Waals surface area contributed by atoms with E-state index in [1.54, 1.807) is 12.5 Å². The smallest absolute Gasteiger partial charge is 0.101 e. The molecule has 2 rings (SSSR count). The molecule has 1 aromatic carbocycles. The van der Waals surface area contributed by atoms with Gasteiger partial charge in [0.15, 0.2) is 0 Å². The van der Waals surface area contributed by atoms with Gasteiger partial charge in [0.2, 0.25) is 0 Å². The molecule has 17 heavy (non-hydrogen) atoms. The monoisotopic (exact) mass is 226 g/mol. The molecule has 0 aliphatic carbocycles. The summed E-state index contributed by atoms with van der Waals surface area (Å²) in [6, 6.07) is 9.98. The van der Waals surface area contributed by atoms with Crippen LogP contribution in [-0.4, -0.2) is 7.05 Å². The zero-order valence-electron chi connectivity index (χ0n) is 9.97. The summed E-state index contributed by atoms with van der Waals surface area (Å²) in [6.45, 7) is 2.75. The first-order chi connectivity index (χ1) is 8.20. The molecular weight excluding hydrogens is 212 g/mol. The largest absolute Gasteiger partial charge is 0.472 e. The van der Waals surface area contributed by atoms with Gasteiger partial charge in [-0.05, 0) is 30.7 Å². The lowest BCUT2D eigenvalue weighted by molar-refractivity contribution is 0.563. The fourth-order valence-corrected chi connectivity index (χ4v) is 1.79. The van der Waals surface area contributed by atoms with E-state index in [9.17, 15) is 0 Å². The first-order valence-electron chi connectivity index (χ1n) is 5.43. The Morgan fingerprint density at radius 3 is 2.82 bits per heavy atom. The molecule has 1 aromatic heterocycles. The van der Waals surface area contributed by atoms with Gasteiger partial charge < -0.3 is 9.32 Å². The number of anilines is 1. The Labute approximate surface area is 101 Å². The summed E-state index contributed by atoms with van der Waals surface area (Å²) in [4.78, 5) is 2.05. The third kappa shape index (κ3) is 2.48. The molecule has 0 fully saturated rings. The highest BCUT2D eigenvalue weighted by molar-refractivity contribution is 5.60. The van der Waals surface area contributed by atoms with Crippen LogP contribution in [0.4, 0.5) is 5.69 Å². The number of rotatable bonds is 3. The lowest BCUT2D eigenvalue weighted by Gasteiger charge is -2.20. The van der Waals surface area contributed by atoms with Crippen LogP contribution in [0.1, 0.15) is 16.7 Å². The van der Waals surface area contributed by atoms with E-state index < -0.39 is 0 Å². The highest BCUT2D eigenvalue weighted by Gasteiger charge is 2.08. The molecule has 3 nitrogen and oxygen atoms in total. The van der Waals surface area contributed by atoms with Crippen molar-refractivity contribution < 1.29 is 4.42 Å². The average molecular weight is 226 g/mol. The highest BCUT2D eigenvalue weighted by atomic mass is 16.3. The fraction of sp³-hybridized carbons (Fsp3) is 0.214. The first-order valence-corrected chi connectivity index (χ1v) is 5.43. The van der Waals surface area contributed by atoms with Crippen molar-refractivity contribution in [2.24, 2.45) is 0 Å². The van der Waals surface area contributed by atoms with E-state index in [-0.39, 0.29) is 0 Å². The second kappa shape index (κ2) is 4.75. The second-order valence-electron chi connectivity index (χ2n) is 4.12. The summed E-state index contributed by atoms with van der Waals surface area (Å²) in [5, 5.41) is 9.09. The number of aryl methyl sites for hydroxylation is 1. The van der Waals surface area contributed by atoms with Gasteiger partial charge >= 0.3 is 0 Å². The zero-order chi connectivity index (χ0) is 12.3. The maximum absolute atomic E-state index is 9.09. The number of benzene rings is 1. The summed E-state index contributed by atoms with van der Waals surface area (Å²) in [5.41, 5.74) is 3.89. The molecule has 0 radical (unpaired) electrons. The van der Waals surface area contributed by atoms with Gasteiger partial charge in [-0.3, -0.25) is 0 Å². The van der Waals surface area contributed by atoms with Crippen LogP contribution in [-0.2, 0) is 6.54 Å². The van der Waals surface area contributed by atoms with E-state index in [1.807, 2.05) is 38.2 Å². The molecule has 0 aliphatic rings. The minimum atomic E-state index is 0.696. The minimum absolute atomic E-state index is 0.696. The third-order valence-corrected chi connectivity index (χ3v) is 2.68. The van der Waals surface area contributed by atoms with Gasteiger partial charge in [-0.25, -0.2) is 0 Å². The maximum Gasteiger partial charge on any atom is 0.101 e. The van der Waals surface area contributed by atoms with E-state index in [1.165, 1.54) is 0 Å². The predicted octanol–water partition coefficient (Wildman–Crippen LogP) is 3.10. The standard InChI is InChI=1S/C14H14N2O/c1-11-3-4-13(8-15)14(7-11)16(2)9-12-5-6-17-10-12/h3-7,10H,9H2,1-2H3. The Kier molecular flexibility index (Phi) is 3.15. The Hall–Kier alpha value is -2.21. The normalized spacial score (nSPS) is 9.94. The molecular formula is C14H14N2O. The quantitative estimate of drug-likeness (QED) is 0.807. The number of nitrogens with zero attached hydrogens (tertiary/aromatic N) is 2. The van der Waals surface area contributed by atoms with Crippen LogP contribution in [0.3, 0.4) is 0 Å². The second-order valence-corrected chi connectivity index (χ2v) is 4.12. The van der Waals surface area contributed by atoms with Crippen molar-refractivity contribution in [3.8, 4) is 6.07 Å². The molecule has 0 saturated carbocycles. The third-order valence-electron chi connectivity index (χ3n) is 2.68. The number of nitriles is 1. The summed E-state index contributed by atoms with van der Waals surface area (Å²) in [7, 11) is 1.97. The van der Waals surface area contributed by atoms with Crippen molar-refractivity contribution in [2.75, 3.05) is 11.9 Å². The van der Waals surface area contributed by atoms with Crippen LogP contribution < -0.4 is 4.90 Å². The van der Waals surface area contributed by atoms with Crippen molar-refractivity contribution in [3.05, 3.63) is 53.5 Å². The molecule has 0 aliphatic heterocycles. The Morgan fingerprint density at radius 1 is 1.35 bits per heavy atom. The van der Waals surface area contributed by atoms with Gasteiger partial charge in [0.05, 0.1) is 23.8 Å². The lowest BCUT2D eigenvalue weighted by Crippen LogP contribution is -2.17. The van der Waals surface area contributed by atoms with Gasteiger partial charge in [0.1, 0.15) is 6.07 Å². The van der Waals surface area contributed by atoms with Gasteiger partial charge in [0, 0.05) is 19.2 Å². The van der Waals surface area contributed by atoms with E-state index in [4.69, 9.17) is 9.68 Å². The van der Waals surface area contributed by atoms with Gasteiger partial charge in [-0.1, -0.05) is 6.07 Å². The molecule has 0 atom stereocenters. The van der Waals surface area contributed by atoms with E-state index >= 15 is 0 Å². The number of furan rings is 1. The van der Waals surface area contributed by atoms with Gasteiger partial charge in [0.25, 0.3) is 0 Å². The molecule has 1 heterocycles. The lowest BCUT2D eigenvalue weighted by atomic mass is 10.1. The summed E-state index contributed by atoms with van der Waals surface area (Å²) >= 11 is 0. The van der Waals surface area contributed by atoms with E-state index in [0.717, 1.165) is 23.4 Å². The topological polar surface area (TPSA) is 40.2 Å². The highest BCUT2D eigenvalue weighted by Crippen LogP contribution is 2.22. The molecule has 0 unspecified atom stereocenters. The fourth-order valence-electron chi connectivity index (χ4n) is 1.79. The van der Waals surface area contributed by atoms with Crippen molar-refractivity contribution in [3.63, 3.8) is 0 Å². The van der Waals surface area contributed by atoms with Gasteiger partial charge in [-0.15, -0.1) is 0 Å². The van der Waals surface area contributed by atoms with Gasteiger partial charge in [-0.2, -0.15) is 5.26 Å². The van der Waals surface area contributed by atoms with Crippen molar-refractivity contribution in [2.45, 2.75) is 13.5 Å². The molecule has 86 valence electrons. The van der Waals surface area contributed by atoms with Crippen LogP contribution in [0.25, 0.3) is 0 Å². The SMILES string of the molecule is Cc1ccc(C#N)c(N(C)Cc2ccoc2)c1. The molecule has 0 spiro atoms. The molecule has 0 N–H and O–H groups in total. The predicted molar refractivity (Wildman–Crippen MR) is 66.7 cm³/mol. The Morgan fingerprint density at radius 2 is 2.18 bits per heavy atom. The summed E-state index contributed by atoms with van der Waals surface area (Å²) < 4.78 is 5.04. The van der Waals surface area contributed by atoms with Crippen LogP contribution in [0.15, 0.2) is 41.2 Å². The van der Waals surface area contributed by atoms with Crippen LogP contribution >= 0.6 is 0 Å². The molecule has 3 heteroatoms. The molecule has 0 amide bonds. The van der Waals surface area contributed by atoms with Crippen molar-refractivity contribution >= 4 is 5.69 Å². The zero-order valence-corrected chi connectivity index (χ0v) is 9.97. The maximum atomic E-state index is 9.09. The minimum Gasteiger partial charge on any atom is -0.472 e.